The van der Waals surface area contributed by atoms with Crippen molar-refractivity contribution < 1.29 is 4.79 Å². The topological polar surface area (TPSA) is 105 Å². The predicted molar refractivity (Wildman–Crippen MR) is 85.2 cm³/mol. The molecule has 1 aromatic carbocycles. The van der Waals surface area contributed by atoms with Gasteiger partial charge in [-0.15, -0.1) is 0 Å². The average molecular weight is 298 g/mol. The minimum atomic E-state index is -0.157. The Bertz CT molecular complexity index is 715. The van der Waals surface area contributed by atoms with Crippen LogP contribution in [0.1, 0.15) is 21.6 Å². The van der Waals surface area contributed by atoms with Gasteiger partial charge >= 0.3 is 0 Å². The number of rotatable bonds is 5. The second-order valence-electron chi connectivity index (χ2n) is 5.11. The van der Waals surface area contributed by atoms with Crippen LogP contribution in [0.2, 0.25) is 0 Å². The number of nitrogens with zero attached hydrogens (tertiary/aromatic N) is 2. The fourth-order valence-corrected chi connectivity index (χ4v) is 2.34. The third-order valence-corrected chi connectivity index (χ3v) is 3.34. The molecule has 1 aromatic heterocycles. The van der Waals surface area contributed by atoms with Crippen molar-refractivity contribution in [1.29, 1.82) is 0 Å². The molecule has 3 rings (SSSR count). The van der Waals surface area contributed by atoms with E-state index in [0.29, 0.717) is 42.7 Å². The van der Waals surface area contributed by atoms with Gasteiger partial charge in [-0.1, -0.05) is 12.1 Å². The van der Waals surface area contributed by atoms with Crippen molar-refractivity contribution >= 4 is 23.4 Å². The Kier molecular flexibility index (Phi) is 3.88. The second-order valence-corrected chi connectivity index (χ2v) is 5.11. The van der Waals surface area contributed by atoms with E-state index in [1.807, 2.05) is 31.2 Å². The second kappa shape index (κ2) is 5.98. The fraction of sp³-hybridized carbons (Fsp3) is 0.267. The van der Waals surface area contributed by atoms with Crippen LogP contribution in [0.3, 0.4) is 0 Å². The van der Waals surface area contributed by atoms with E-state index in [1.165, 1.54) is 0 Å². The molecule has 1 aliphatic heterocycles. The maximum atomic E-state index is 12.0. The summed E-state index contributed by atoms with van der Waals surface area (Å²) in [5.41, 5.74) is 8.69. The summed E-state index contributed by atoms with van der Waals surface area (Å²) >= 11 is 0. The molecule has 0 bridgehead atoms. The average Bonchev–Trinajstić information content (AvgIpc) is 2.87. The standard InChI is InChI=1S/C15H18N6O/c1-9-3-2-4-10(7-9)19-13-12-11(8-18-14(12)22)20-15(21-13)17-6-5-16/h2-4,7H,5-6,8,16H2,1H3,(H,18,22)(H2,17,19,20,21). The van der Waals surface area contributed by atoms with Crippen LogP contribution >= 0.6 is 0 Å². The summed E-state index contributed by atoms with van der Waals surface area (Å²) in [5, 5.41) is 9.03. The highest BCUT2D eigenvalue weighted by Crippen LogP contribution is 2.26. The minimum Gasteiger partial charge on any atom is -0.353 e. The Labute approximate surface area is 128 Å². The van der Waals surface area contributed by atoms with Crippen LogP contribution in [0.5, 0.6) is 0 Å². The first-order valence-electron chi connectivity index (χ1n) is 7.14. The molecular formula is C15H18N6O. The van der Waals surface area contributed by atoms with Crippen LogP contribution in [0.25, 0.3) is 0 Å². The number of fused-ring (bicyclic) bond motifs is 1. The van der Waals surface area contributed by atoms with Crippen molar-refractivity contribution in [1.82, 2.24) is 15.3 Å². The first kappa shape index (κ1) is 14.3. The summed E-state index contributed by atoms with van der Waals surface area (Å²) in [6, 6.07) is 7.89. The number of aromatic nitrogens is 2. The zero-order valence-corrected chi connectivity index (χ0v) is 12.3. The molecule has 7 heteroatoms. The summed E-state index contributed by atoms with van der Waals surface area (Å²) in [4.78, 5) is 20.8. The van der Waals surface area contributed by atoms with E-state index in [-0.39, 0.29) is 5.91 Å². The number of anilines is 3. The fourth-order valence-electron chi connectivity index (χ4n) is 2.34. The van der Waals surface area contributed by atoms with Gasteiger partial charge in [0.2, 0.25) is 5.95 Å². The molecule has 5 N–H and O–H groups in total. The van der Waals surface area contributed by atoms with Gasteiger partial charge in [0.05, 0.1) is 12.2 Å². The first-order valence-corrected chi connectivity index (χ1v) is 7.14. The molecule has 2 heterocycles. The van der Waals surface area contributed by atoms with Crippen molar-refractivity contribution in [3.8, 4) is 0 Å². The Morgan fingerprint density at radius 1 is 1.36 bits per heavy atom. The summed E-state index contributed by atoms with van der Waals surface area (Å²) in [7, 11) is 0. The molecule has 0 spiro atoms. The number of aryl methyl sites for hydroxylation is 1. The Balaban J connectivity index is 1.97. The van der Waals surface area contributed by atoms with Crippen LogP contribution in [-0.4, -0.2) is 29.0 Å². The van der Waals surface area contributed by atoms with Crippen LogP contribution < -0.4 is 21.7 Å². The number of amides is 1. The molecule has 0 radical (unpaired) electrons. The lowest BCUT2D eigenvalue weighted by Gasteiger charge is -2.12. The Morgan fingerprint density at radius 3 is 3.00 bits per heavy atom. The lowest BCUT2D eigenvalue weighted by atomic mass is 10.2. The van der Waals surface area contributed by atoms with Crippen molar-refractivity contribution in [3.05, 3.63) is 41.1 Å². The van der Waals surface area contributed by atoms with Crippen LogP contribution in [0.15, 0.2) is 24.3 Å². The molecule has 0 fully saturated rings. The SMILES string of the molecule is Cc1cccc(Nc2nc(NCCN)nc3c2C(=O)NC3)c1. The van der Waals surface area contributed by atoms with E-state index in [2.05, 4.69) is 25.9 Å². The van der Waals surface area contributed by atoms with E-state index in [9.17, 15) is 4.79 Å². The highest BCUT2D eigenvalue weighted by atomic mass is 16.2. The van der Waals surface area contributed by atoms with Gasteiger partial charge in [0.15, 0.2) is 0 Å². The molecule has 2 aromatic rings. The number of benzene rings is 1. The van der Waals surface area contributed by atoms with E-state index in [4.69, 9.17) is 5.73 Å². The molecule has 7 nitrogen and oxygen atoms in total. The van der Waals surface area contributed by atoms with Gasteiger partial charge < -0.3 is 21.7 Å². The van der Waals surface area contributed by atoms with Gasteiger partial charge in [0, 0.05) is 18.8 Å². The maximum Gasteiger partial charge on any atom is 0.257 e. The summed E-state index contributed by atoms with van der Waals surface area (Å²) in [6.45, 7) is 3.48. The zero-order valence-electron chi connectivity index (χ0n) is 12.3. The molecule has 0 aliphatic carbocycles. The first-order chi connectivity index (χ1) is 10.7. The predicted octanol–water partition coefficient (Wildman–Crippen LogP) is 1.14. The molecular weight excluding hydrogens is 280 g/mol. The molecule has 1 amide bonds. The lowest BCUT2D eigenvalue weighted by Crippen LogP contribution is -2.17. The van der Waals surface area contributed by atoms with E-state index < -0.39 is 0 Å². The molecule has 0 atom stereocenters. The van der Waals surface area contributed by atoms with Gasteiger partial charge in [-0.25, -0.2) is 4.98 Å². The number of hydrogen-bond donors (Lipinski definition) is 4. The molecule has 22 heavy (non-hydrogen) atoms. The number of nitrogens with two attached hydrogens (primary N) is 1. The van der Waals surface area contributed by atoms with Gasteiger partial charge in [-0.05, 0) is 24.6 Å². The number of hydrogen-bond acceptors (Lipinski definition) is 6. The summed E-state index contributed by atoms with van der Waals surface area (Å²) < 4.78 is 0. The monoisotopic (exact) mass is 298 g/mol. The molecule has 0 saturated carbocycles. The van der Waals surface area contributed by atoms with Gasteiger partial charge in [0.25, 0.3) is 5.91 Å². The van der Waals surface area contributed by atoms with Crippen molar-refractivity contribution in [2.24, 2.45) is 5.73 Å². The third kappa shape index (κ3) is 2.84. The van der Waals surface area contributed by atoms with E-state index in [1.54, 1.807) is 0 Å². The van der Waals surface area contributed by atoms with Crippen molar-refractivity contribution in [2.45, 2.75) is 13.5 Å². The van der Waals surface area contributed by atoms with Gasteiger partial charge in [-0.2, -0.15) is 4.98 Å². The molecule has 0 unspecified atom stereocenters. The van der Waals surface area contributed by atoms with Crippen molar-refractivity contribution in [2.75, 3.05) is 23.7 Å². The zero-order chi connectivity index (χ0) is 15.5. The summed E-state index contributed by atoms with van der Waals surface area (Å²) in [5.74, 6) is 0.816. The van der Waals surface area contributed by atoms with Crippen LogP contribution in [-0.2, 0) is 6.54 Å². The van der Waals surface area contributed by atoms with Gasteiger partial charge in [0.1, 0.15) is 11.4 Å². The Hall–Kier alpha value is -2.67. The quantitative estimate of drug-likeness (QED) is 0.660. The number of carbonyl (C=O) groups excluding carboxylic acids is 1. The number of nitrogens with one attached hydrogen (secondary N) is 3. The largest absolute Gasteiger partial charge is 0.353 e. The normalized spacial score (nSPS) is 12.7. The van der Waals surface area contributed by atoms with E-state index >= 15 is 0 Å². The van der Waals surface area contributed by atoms with E-state index in [0.717, 1.165) is 11.3 Å². The molecule has 114 valence electrons. The highest BCUT2D eigenvalue weighted by Gasteiger charge is 2.26. The molecule has 0 saturated heterocycles. The summed E-state index contributed by atoms with van der Waals surface area (Å²) in [6.07, 6.45) is 0. The highest BCUT2D eigenvalue weighted by molar-refractivity contribution is 6.02. The van der Waals surface area contributed by atoms with Gasteiger partial charge in [-0.3, -0.25) is 4.79 Å². The lowest BCUT2D eigenvalue weighted by molar-refractivity contribution is 0.0966. The van der Waals surface area contributed by atoms with Crippen LogP contribution in [0.4, 0.5) is 17.5 Å². The Morgan fingerprint density at radius 2 is 2.23 bits per heavy atom. The van der Waals surface area contributed by atoms with Crippen molar-refractivity contribution in [3.63, 3.8) is 0 Å². The maximum absolute atomic E-state index is 12.0. The smallest absolute Gasteiger partial charge is 0.257 e. The minimum absolute atomic E-state index is 0.157. The van der Waals surface area contributed by atoms with Crippen LogP contribution in [0, 0.1) is 6.92 Å². The number of carbonyl (C=O) groups is 1. The third-order valence-electron chi connectivity index (χ3n) is 3.34. The molecule has 1 aliphatic rings.